The predicted octanol–water partition coefficient (Wildman–Crippen LogP) is 2.37. The lowest BCUT2D eigenvalue weighted by Crippen LogP contribution is -2.33. The van der Waals surface area contributed by atoms with Crippen molar-refractivity contribution in [3.05, 3.63) is 34.6 Å². The number of nitrogens with two attached hydrogens (primary N) is 1. The minimum atomic E-state index is -5.13. The minimum Gasteiger partial charge on any atom is -0.228 e. The topological polar surface area (TPSA) is 60.2 Å². The molecule has 9 heteroatoms. The number of hydrogen-bond donors (Lipinski definition) is 1. The fraction of sp³-hybridized carbons (Fsp3) is 0.250. The maximum atomic E-state index is 13.0. The lowest BCUT2D eigenvalue weighted by Gasteiger charge is -2.18. The molecule has 0 aliphatic rings. The predicted molar refractivity (Wildman–Crippen MR) is 53.3 cm³/mol. The van der Waals surface area contributed by atoms with Crippen molar-refractivity contribution < 1.29 is 26.0 Å². The van der Waals surface area contributed by atoms with Crippen LogP contribution in [0.15, 0.2) is 18.2 Å². The summed E-state index contributed by atoms with van der Waals surface area (Å²) in [6.45, 7) is 0. The van der Waals surface area contributed by atoms with Gasteiger partial charge in [-0.2, -0.15) is 13.2 Å². The van der Waals surface area contributed by atoms with Crippen LogP contribution in [0.5, 0.6) is 0 Å². The standard InChI is InChI=1S/C8H6ClF4NO2S/c9-5-2-1-4(3-6(5)10)7(8(11,12)13)17(14,15)16/h1-3,7H,(H2,14,15,16). The second-order valence-corrected chi connectivity index (χ2v) is 5.24. The van der Waals surface area contributed by atoms with E-state index in [1.165, 1.54) is 0 Å². The fourth-order valence-corrected chi connectivity index (χ4v) is 2.26. The zero-order valence-electron chi connectivity index (χ0n) is 8.00. The van der Waals surface area contributed by atoms with Crippen molar-refractivity contribution in [2.45, 2.75) is 11.4 Å². The third kappa shape index (κ3) is 3.30. The Bertz CT molecular complexity index is 529. The van der Waals surface area contributed by atoms with Gasteiger partial charge in [-0.15, -0.1) is 0 Å². The molecule has 0 aromatic heterocycles. The van der Waals surface area contributed by atoms with Crippen LogP contribution in [0.4, 0.5) is 17.6 Å². The number of hydrogen-bond acceptors (Lipinski definition) is 2. The van der Waals surface area contributed by atoms with Gasteiger partial charge in [-0.25, -0.2) is 17.9 Å². The van der Waals surface area contributed by atoms with Crippen LogP contribution in [0.25, 0.3) is 0 Å². The first-order valence-corrected chi connectivity index (χ1v) is 6.05. The minimum absolute atomic E-state index is 0.394. The third-order valence-corrected chi connectivity index (χ3v) is 3.38. The Kier molecular flexibility index (Phi) is 3.70. The van der Waals surface area contributed by atoms with Gasteiger partial charge in [-0.05, 0) is 17.7 Å². The van der Waals surface area contributed by atoms with E-state index in [9.17, 15) is 26.0 Å². The van der Waals surface area contributed by atoms with Crippen LogP contribution in [0.2, 0.25) is 5.02 Å². The first kappa shape index (κ1) is 14.2. The molecule has 1 rings (SSSR count). The molecular formula is C8H6ClF4NO2S. The van der Waals surface area contributed by atoms with E-state index in [2.05, 4.69) is 5.14 Å². The van der Waals surface area contributed by atoms with E-state index in [4.69, 9.17) is 11.6 Å². The van der Waals surface area contributed by atoms with Gasteiger partial charge >= 0.3 is 6.18 Å². The molecule has 1 aromatic carbocycles. The molecule has 0 bridgehead atoms. The molecule has 1 unspecified atom stereocenters. The first-order chi connectivity index (χ1) is 7.53. The number of alkyl halides is 3. The van der Waals surface area contributed by atoms with E-state index in [1.54, 1.807) is 0 Å². The van der Waals surface area contributed by atoms with Gasteiger partial charge in [0.2, 0.25) is 10.0 Å². The summed E-state index contributed by atoms with van der Waals surface area (Å²) >= 11 is 5.28. The van der Waals surface area contributed by atoms with Crippen LogP contribution >= 0.6 is 11.6 Å². The zero-order valence-corrected chi connectivity index (χ0v) is 9.57. The van der Waals surface area contributed by atoms with Gasteiger partial charge in [0.25, 0.3) is 0 Å². The summed E-state index contributed by atoms with van der Waals surface area (Å²) < 4.78 is 72.3. The molecule has 1 atom stereocenters. The molecule has 3 nitrogen and oxygen atoms in total. The third-order valence-electron chi connectivity index (χ3n) is 1.87. The molecule has 0 spiro atoms. The van der Waals surface area contributed by atoms with E-state index in [0.717, 1.165) is 12.1 Å². The van der Waals surface area contributed by atoms with Crippen molar-refractivity contribution in [1.82, 2.24) is 0 Å². The Labute approximate surface area is 99.2 Å². The van der Waals surface area contributed by atoms with Crippen molar-refractivity contribution in [1.29, 1.82) is 0 Å². The molecule has 2 N–H and O–H groups in total. The van der Waals surface area contributed by atoms with Gasteiger partial charge in [0.15, 0.2) is 5.25 Å². The summed E-state index contributed by atoms with van der Waals surface area (Å²) in [6.07, 6.45) is -5.13. The van der Waals surface area contributed by atoms with E-state index in [-0.39, 0.29) is 0 Å². The Morgan fingerprint density at radius 2 is 1.82 bits per heavy atom. The number of benzene rings is 1. The monoisotopic (exact) mass is 291 g/mol. The summed E-state index contributed by atoms with van der Waals surface area (Å²) in [5.41, 5.74) is -0.818. The molecule has 0 radical (unpaired) electrons. The van der Waals surface area contributed by atoms with E-state index < -0.39 is 37.9 Å². The Morgan fingerprint density at radius 3 is 2.18 bits per heavy atom. The number of sulfonamides is 1. The molecular weight excluding hydrogens is 286 g/mol. The molecule has 96 valence electrons. The van der Waals surface area contributed by atoms with Crippen LogP contribution < -0.4 is 5.14 Å². The molecule has 0 aliphatic heterocycles. The molecule has 17 heavy (non-hydrogen) atoms. The van der Waals surface area contributed by atoms with Gasteiger partial charge in [0.05, 0.1) is 5.02 Å². The smallest absolute Gasteiger partial charge is 0.228 e. The normalized spacial score (nSPS) is 14.7. The molecule has 0 saturated heterocycles. The van der Waals surface area contributed by atoms with Crippen LogP contribution in [-0.2, 0) is 10.0 Å². The molecule has 1 aromatic rings. The maximum absolute atomic E-state index is 13.0. The fourth-order valence-electron chi connectivity index (χ4n) is 1.24. The largest absolute Gasteiger partial charge is 0.410 e. The summed E-state index contributed by atoms with van der Waals surface area (Å²) in [4.78, 5) is 0. The van der Waals surface area contributed by atoms with E-state index in [0.29, 0.717) is 6.07 Å². The highest BCUT2D eigenvalue weighted by atomic mass is 35.5. The highest BCUT2D eigenvalue weighted by Gasteiger charge is 2.48. The van der Waals surface area contributed by atoms with Gasteiger partial charge in [0, 0.05) is 0 Å². The second-order valence-electron chi connectivity index (χ2n) is 3.18. The lowest BCUT2D eigenvalue weighted by molar-refractivity contribution is -0.131. The first-order valence-electron chi connectivity index (χ1n) is 4.07. The Hall–Kier alpha value is -0.860. The number of primary sulfonamides is 1. The highest BCUT2D eigenvalue weighted by Crippen LogP contribution is 2.38. The van der Waals surface area contributed by atoms with Crippen LogP contribution in [0.3, 0.4) is 0 Å². The average molecular weight is 292 g/mol. The van der Waals surface area contributed by atoms with Gasteiger partial charge in [0.1, 0.15) is 5.82 Å². The zero-order chi connectivity index (χ0) is 13.4. The molecule has 0 fully saturated rings. The average Bonchev–Trinajstić information content (AvgIpc) is 2.06. The SMILES string of the molecule is NS(=O)(=O)C(c1ccc(Cl)c(F)c1)C(F)(F)F. The van der Waals surface area contributed by atoms with E-state index in [1.807, 2.05) is 0 Å². The van der Waals surface area contributed by atoms with Crippen molar-refractivity contribution in [3.8, 4) is 0 Å². The van der Waals surface area contributed by atoms with Crippen molar-refractivity contribution in [2.24, 2.45) is 5.14 Å². The van der Waals surface area contributed by atoms with Gasteiger partial charge in [-0.1, -0.05) is 17.7 Å². The summed E-state index contributed by atoms with van der Waals surface area (Å²) in [7, 11) is -4.94. The molecule has 0 amide bonds. The molecule has 0 saturated carbocycles. The Morgan fingerprint density at radius 1 is 1.29 bits per heavy atom. The van der Waals surface area contributed by atoms with Crippen LogP contribution in [0.1, 0.15) is 10.8 Å². The van der Waals surface area contributed by atoms with E-state index >= 15 is 0 Å². The van der Waals surface area contributed by atoms with Crippen molar-refractivity contribution >= 4 is 21.6 Å². The van der Waals surface area contributed by atoms with Crippen LogP contribution in [-0.4, -0.2) is 14.6 Å². The second kappa shape index (κ2) is 4.43. The molecule has 0 aliphatic carbocycles. The van der Waals surface area contributed by atoms with Gasteiger partial charge < -0.3 is 0 Å². The summed E-state index contributed by atoms with van der Waals surface area (Å²) in [5.74, 6) is -1.15. The van der Waals surface area contributed by atoms with Crippen LogP contribution in [0, 0.1) is 5.82 Å². The Balaban J connectivity index is 3.39. The molecule has 0 heterocycles. The number of halogens is 5. The lowest BCUT2D eigenvalue weighted by atomic mass is 10.1. The summed E-state index contributed by atoms with van der Waals surface area (Å²) in [6, 6.07) is 1.98. The number of rotatable bonds is 2. The maximum Gasteiger partial charge on any atom is 0.410 e. The van der Waals surface area contributed by atoms with Crippen molar-refractivity contribution in [2.75, 3.05) is 0 Å². The van der Waals surface area contributed by atoms with Gasteiger partial charge in [-0.3, -0.25) is 0 Å². The van der Waals surface area contributed by atoms with Crippen molar-refractivity contribution in [3.63, 3.8) is 0 Å². The highest BCUT2D eigenvalue weighted by molar-refractivity contribution is 7.89. The summed E-state index contributed by atoms with van der Waals surface area (Å²) in [5, 5.41) is 1.10. The quantitative estimate of drug-likeness (QED) is 0.850.